The highest BCUT2D eigenvalue weighted by Crippen LogP contribution is 2.31. The zero-order valence-corrected chi connectivity index (χ0v) is 23.5. The Hall–Kier alpha value is -3.57. The standard InChI is InChI=1S/C27H29ClN6O3Si/c1-18-25(26-23(15-29-18)27(35)34(31-26)22-11-9-21(28)10-12-22)20-7-5-19(6-8-20)24-16-30-32-33(24)17-36-13-14-37-38(2,3)4/h5-12,15-16,31H,13-14,17H2,1-4H3. The van der Waals surface area contributed by atoms with E-state index in [0.717, 1.165) is 33.6 Å². The van der Waals surface area contributed by atoms with E-state index in [1.54, 1.807) is 41.3 Å². The van der Waals surface area contributed by atoms with Gasteiger partial charge in [-0.3, -0.25) is 14.9 Å². The van der Waals surface area contributed by atoms with Crippen molar-refractivity contribution in [2.75, 3.05) is 13.2 Å². The van der Waals surface area contributed by atoms with Crippen molar-refractivity contribution in [1.29, 1.82) is 0 Å². The summed E-state index contributed by atoms with van der Waals surface area (Å²) in [4.78, 5) is 17.7. The van der Waals surface area contributed by atoms with E-state index in [-0.39, 0.29) is 12.3 Å². The second-order valence-corrected chi connectivity index (χ2v) is 14.9. The zero-order valence-electron chi connectivity index (χ0n) is 21.7. The van der Waals surface area contributed by atoms with Gasteiger partial charge in [-0.25, -0.2) is 9.36 Å². The van der Waals surface area contributed by atoms with Gasteiger partial charge in [0.15, 0.2) is 8.32 Å². The van der Waals surface area contributed by atoms with Gasteiger partial charge in [0.05, 0.1) is 41.7 Å². The second-order valence-electron chi connectivity index (χ2n) is 9.93. The van der Waals surface area contributed by atoms with Crippen molar-refractivity contribution in [3.05, 3.63) is 82.0 Å². The molecule has 11 heteroatoms. The van der Waals surface area contributed by atoms with Crippen LogP contribution in [0.25, 0.3) is 39.0 Å². The molecule has 0 radical (unpaired) electrons. The summed E-state index contributed by atoms with van der Waals surface area (Å²) in [5, 5.41) is 12.6. The smallest absolute Gasteiger partial charge is 0.280 e. The Balaban J connectivity index is 1.40. The number of H-pyrrole nitrogens is 1. The third-order valence-corrected chi connectivity index (χ3v) is 7.40. The number of halogens is 1. The molecule has 0 aliphatic heterocycles. The van der Waals surface area contributed by atoms with Crippen LogP contribution in [0.15, 0.2) is 65.7 Å². The topological polar surface area (TPSA) is 99.9 Å². The molecular weight excluding hydrogens is 520 g/mol. The van der Waals surface area contributed by atoms with E-state index in [9.17, 15) is 4.79 Å². The van der Waals surface area contributed by atoms with Crippen LogP contribution >= 0.6 is 11.6 Å². The lowest BCUT2D eigenvalue weighted by atomic mass is 10.00. The number of nitrogens with zero attached hydrogens (tertiary/aromatic N) is 5. The first-order valence-electron chi connectivity index (χ1n) is 12.3. The number of aromatic nitrogens is 6. The minimum Gasteiger partial charge on any atom is -0.415 e. The lowest BCUT2D eigenvalue weighted by molar-refractivity contribution is 0.0457. The van der Waals surface area contributed by atoms with Crippen LogP contribution in [0.3, 0.4) is 0 Å². The number of benzene rings is 2. The molecule has 5 rings (SSSR count). The third kappa shape index (κ3) is 5.48. The van der Waals surface area contributed by atoms with Gasteiger partial charge in [-0.2, -0.15) is 0 Å². The van der Waals surface area contributed by atoms with E-state index >= 15 is 0 Å². The van der Waals surface area contributed by atoms with Gasteiger partial charge >= 0.3 is 0 Å². The number of hydrogen-bond acceptors (Lipinski definition) is 6. The van der Waals surface area contributed by atoms with Crippen molar-refractivity contribution in [3.8, 4) is 28.1 Å². The highest BCUT2D eigenvalue weighted by Gasteiger charge is 2.17. The summed E-state index contributed by atoms with van der Waals surface area (Å²) >= 11 is 6.03. The SMILES string of the molecule is Cc1ncc2c(=O)n(-c3ccc(Cl)cc3)[nH]c2c1-c1ccc(-c2cnnn2COCCO[Si](C)(C)C)cc1. The number of nitrogens with one attached hydrogen (secondary N) is 1. The van der Waals surface area contributed by atoms with Crippen LogP contribution in [0.5, 0.6) is 0 Å². The van der Waals surface area contributed by atoms with Crippen LogP contribution in [-0.2, 0) is 15.9 Å². The first-order chi connectivity index (χ1) is 18.2. The molecule has 2 aromatic carbocycles. The van der Waals surface area contributed by atoms with Gasteiger partial charge in [0.25, 0.3) is 5.56 Å². The molecule has 3 heterocycles. The van der Waals surface area contributed by atoms with Crippen molar-refractivity contribution >= 4 is 30.8 Å². The number of pyridine rings is 1. The van der Waals surface area contributed by atoms with Gasteiger partial charge in [0.1, 0.15) is 6.73 Å². The molecule has 0 bridgehead atoms. The minimum atomic E-state index is -1.56. The maximum absolute atomic E-state index is 13.2. The van der Waals surface area contributed by atoms with Crippen LogP contribution in [0.1, 0.15) is 5.69 Å². The summed E-state index contributed by atoms with van der Waals surface area (Å²) in [7, 11) is -1.56. The van der Waals surface area contributed by atoms with Gasteiger partial charge in [-0.1, -0.05) is 41.1 Å². The molecule has 0 aliphatic rings. The first kappa shape index (κ1) is 26.1. The Labute approximate surface area is 226 Å². The predicted molar refractivity (Wildman–Crippen MR) is 151 cm³/mol. The summed E-state index contributed by atoms with van der Waals surface area (Å²) in [5.74, 6) is 0. The Bertz CT molecular complexity index is 1620. The van der Waals surface area contributed by atoms with Crippen LogP contribution < -0.4 is 5.56 Å². The second kappa shape index (κ2) is 10.7. The van der Waals surface area contributed by atoms with Crippen LogP contribution in [-0.4, -0.2) is 51.3 Å². The van der Waals surface area contributed by atoms with E-state index in [1.165, 1.54) is 4.68 Å². The van der Waals surface area contributed by atoms with Crippen LogP contribution in [0.2, 0.25) is 24.7 Å². The van der Waals surface area contributed by atoms with Gasteiger partial charge in [-0.05, 0) is 56.4 Å². The Kier molecular flexibility index (Phi) is 7.31. The van der Waals surface area contributed by atoms with E-state index in [2.05, 4.69) is 40.0 Å². The Morgan fingerprint density at radius 1 is 0.974 bits per heavy atom. The quantitative estimate of drug-likeness (QED) is 0.195. The summed E-state index contributed by atoms with van der Waals surface area (Å²) in [5.41, 5.74) is 5.68. The molecule has 196 valence electrons. The molecule has 5 aromatic rings. The molecule has 0 saturated heterocycles. The van der Waals surface area contributed by atoms with Crippen molar-refractivity contribution in [3.63, 3.8) is 0 Å². The molecule has 0 unspecified atom stereocenters. The van der Waals surface area contributed by atoms with Gasteiger partial charge < -0.3 is 9.16 Å². The number of hydrogen-bond donors (Lipinski definition) is 1. The third-order valence-electron chi connectivity index (χ3n) is 6.07. The first-order valence-corrected chi connectivity index (χ1v) is 16.1. The fourth-order valence-corrected chi connectivity index (χ4v) is 5.06. The highest BCUT2D eigenvalue weighted by atomic mass is 35.5. The molecule has 0 fully saturated rings. The maximum Gasteiger partial charge on any atom is 0.280 e. The Morgan fingerprint density at radius 3 is 2.39 bits per heavy atom. The fourth-order valence-electron chi connectivity index (χ4n) is 4.23. The van der Waals surface area contributed by atoms with Crippen LogP contribution in [0, 0.1) is 6.92 Å². The van der Waals surface area contributed by atoms with Crippen molar-refractivity contribution < 1.29 is 9.16 Å². The normalized spacial score (nSPS) is 11.9. The number of aryl methyl sites for hydroxylation is 1. The fraction of sp³-hybridized carbons (Fsp3) is 0.259. The van der Waals surface area contributed by atoms with E-state index in [1.807, 2.05) is 31.2 Å². The monoisotopic (exact) mass is 548 g/mol. The number of rotatable bonds is 9. The molecule has 1 N–H and O–H groups in total. The average Bonchev–Trinajstić information content (AvgIpc) is 3.48. The Morgan fingerprint density at radius 2 is 1.68 bits per heavy atom. The molecular formula is C27H29ClN6O3Si. The molecule has 38 heavy (non-hydrogen) atoms. The molecule has 0 amide bonds. The summed E-state index contributed by atoms with van der Waals surface area (Å²) in [6.45, 7) is 9.73. The molecule has 0 spiro atoms. The number of ether oxygens (including phenoxy) is 1. The van der Waals surface area contributed by atoms with Gasteiger partial charge in [-0.15, -0.1) is 5.10 Å². The number of aromatic amines is 1. The van der Waals surface area contributed by atoms with Crippen LogP contribution in [0.4, 0.5) is 0 Å². The molecule has 9 nitrogen and oxygen atoms in total. The summed E-state index contributed by atoms with van der Waals surface area (Å²) in [6.07, 6.45) is 3.33. The van der Waals surface area contributed by atoms with E-state index < -0.39 is 8.32 Å². The minimum absolute atomic E-state index is 0.169. The molecule has 0 saturated carbocycles. The van der Waals surface area contributed by atoms with Crippen molar-refractivity contribution in [2.24, 2.45) is 0 Å². The van der Waals surface area contributed by atoms with Crippen molar-refractivity contribution in [2.45, 2.75) is 33.3 Å². The molecule has 3 aromatic heterocycles. The molecule has 0 aliphatic carbocycles. The number of fused-ring (bicyclic) bond motifs is 1. The predicted octanol–water partition coefficient (Wildman–Crippen LogP) is 5.43. The lowest BCUT2D eigenvalue weighted by Gasteiger charge is -2.17. The summed E-state index contributed by atoms with van der Waals surface area (Å²) < 4.78 is 14.8. The van der Waals surface area contributed by atoms with Crippen molar-refractivity contribution in [1.82, 2.24) is 29.8 Å². The largest absolute Gasteiger partial charge is 0.415 e. The van der Waals surface area contributed by atoms with E-state index in [0.29, 0.717) is 29.3 Å². The highest BCUT2D eigenvalue weighted by molar-refractivity contribution is 6.69. The maximum atomic E-state index is 13.2. The lowest BCUT2D eigenvalue weighted by Crippen LogP contribution is -2.27. The van der Waals surface area contributed by atoms with Gasteiger partial charge in [0, 0.05) is 28.0 Å². The average molecular weight is 549 g/mol. The zero-order chi connectivity index (χ0) is 26.9. The molecule has 0 atom stereocenters. The summed E-state index contributed by atoms with van der Waals surface area (Å²) in [6, 6.07) is 15.1. The van der Waals surface area contributed by atoms with Gasteiger partial charge in [0.2, 0.25) is 0 Å². The van der Waals surface area contributed by atoms with E-state index in [4.69, 9.17) is 20.8 Å².